The van der Waals surface area contributed by atoms with Gasteiger partial charge >= 0.3 is 0 Å². The molecule has 0 saturated carbocycles. The zero-order valence-corrected chi connectivity index (χ0v) is 11.6. The Labute approximate surface area is 116 Å². The SMILES string of the molecule is CC(C)CNC(=O)c1cc(-c2ccc(Cl)cc2)on1. The molecule has 0 atom stereocenters. The van der Waals surface area contributed by atoms with E-state index in [1.807, 2.05) is 26.0 Å². The van der Waals surface area contributed by atoms with Crippen molar-refractivity contribution in [3.63, 3.8) is 0 Å². The van der Waals surface area contributed by atoms with Crippen LogP contribution in [0.4, 0.5) is 0 Å². The number of nitrogens with one attached hydrogen (secondary N) is 1. The number of amides is 1. The van der Waals surface area contributed by atoms with Gasteiger partial charge in [0.05, 0.1) is 0 Å². The normalized spacial score (nSPS) is 10.7. The van der Waals surface area contributed by atoms with E-state index in [4.69, 9.17) is 16.1 Å². The summed E-state index contributed by atoms with van der Waals surface area (Å²) in [4.78, 5) is 11.8. The highest BCUT2D eigenvalue weighted by molar-refractivity contribution is 6.30. The lowest BCUT2D eigenvalue weighted by molar-refractivity contribution is 0.0940. The highest BCUT2D eigenvalue weighted by atomic mass is 35.5. The molecule has 0 fully saturated rings. The molecular formula is C14H15ClN2O2. The van der Waals surface area contributed by atoms with E-state index in [9.17, 15) is 4.79 Å². The standard InChI is InChI=1S/C14H15ClN2O2/c1-9(2)8-16-14(18)12-7-13(19-17-12)10-3-5-11(15)6-4-10/h3-7,9H,8H2,1-2H3,(H,16,18). The third-order valence-corrected chi connectivity index (χ3v) is 2.79. The van der Waals surface area contributed by atoms with Crippen molar-refractivity contribution in [2.24, 2.45) is 5.92 Å². The lowest BCUT2D eigenvalue weighted by Gasteiger charge is -2.04. The minimum absolute atomic E-state index is 0.224. The molecule has 0 saturated heterocycles. The number of carbonyl (C=O) groups excluding carboxylic acids is 1. The van der Waals surface area contributed by atoms with Gasteiger partial charge in [0.15, 0.2) is 11.5 Å². The summed E-state index contributed by atoms with van der Waals surface area (Å²) in [5.41, 5.74) is 1.12. The minimum Gasteiger partial charge on any atom is -0.355 e. The van der Waals surface area contributed by atoms with Gasteiger partial charge in [0.25, 0.3) is 5.91 Å². The van der Waals surface area contributed by atoms with E-state index in [0.717, 1.165) is 5.56 Å². The summed E-state index contributed by atoms with van der Waals surface area (Å²) in [7, 11) is 0. The topological polar surface area (TPSA) is 55.1 Å². The fourth-order valence-electron chi connectivity index (χ4n) is 1.52. The molecule has 0 aliphatic rings. The summed E-state index contributed by atoms with van der Waals surface area (Å²) in [6.07, 6.45) is 0. The molecule has 100 valence electrons. The Bertz CT molecular complexity index is 561. The fourth-order valence-corrected chi connectivity index (χ4v) is 1.65. The number of nitrogens with zero attached hydrogens (tertiary/aromatic N) is 1. The van der Waals surface area contributed by atoms with Crippen LogP contribution in [0.15, 0.2) is 34.9 Å². The van der Waals surface area contributed by atoms with Crippen molar-refractivity contribution in [2.45, 2.75) is 13.8 Å². The summed E-state index contributed by atoms with van der Waals surface area (Å²) in [6.45, 7) is 4.67. The molecule has 4 nitrogen and oxygen atoms in total. The van der Waals surface area contributed by atoms with E-state index < -0.39 is 0 Å². The molecule has 2 rings (SSSR count). The average molecular weight is 279 g/mol. The molecule has 2 aromatic rings. The van der Waals surface area contributed by atoms with Crippen LogP contribution in [-0.4, -0.2) is 17.6 Å². The zero-order chi connectivity index (χ0) is 13.8. The predicted octanol–water partition coefficient (Wildman–Crippen LogP) is 3.38. The second kappa shape index (κ2) is 5.89. The lowest BCUT2D eigenvalue weighted by Crippen LogP contribution is -2.27. The molecule has 1 aromatic heterocycles. The van der Waals surface area contributed by atoms with Gasteiger partial charge < -0.3 is 9.84 Å². The van der Waals surface area contributed by atoms with Crippen molar-refractivity contribution in [3.05, 3.63) is 41.0 Å². The zero-order valence-electron chi connectivity index (χ0n) is 10.8. The number of aromatic nitrogens is 1. The van der Waals surface area contributed by atoms with Crippen LogP contribution in [0.5, 0.6) is 0 Å². The molecule has 1 aromatic carbocycles. The highest BCUT2D eigenvalue weighted by Crippen LogP contribution is 2.22. The quantitative estimate of drug-likeness (QED) is 0.933. The van der Waals surface area contributed by atoms with E-state index in [1.165, 1.54) is 0 Å². The number of hydrogen-bond donors (Lipinski definition) is 1. The van der Waals surface area contributed by atoms with E-state index in [1.54, 1.807) is 18.2 Å². The number of hydrogen-bond acceptors (Lipinski definition) is 3. The monoisotopic (exact) mass is 278 g/mol. The summed E-state index contributed by atoms with van der Waals surface area (Å²) in [5, 5.41) is 7.21. The first kappa shape index (κ1) is 13.6. The van der Waals surface area contributed by atoms with E-state index >= 15 is 0 Å². The average Bonchev–Trinajstić information content (AvgIpc) is 2.86. The molecule has 1 N–H and O–H groups in total. The molecule has 19 heavy (non-hydrogen) atoms. The third kappa shape index (κ3) is 3.58. The molecule has 5 heteroatoms. The number of carbonyl (C=O) groups is 1. The molecule has 0 aliphatic heterocycles. The van der Waals surface area contributed by atoms with Crippen molar-refractivity contribution in [1.29, 1.82) is 0 Å². The van der Waals surface area contributed by atoms with Gasteiger partial charge in [0.2, 0.25) is 0 Å². The Morgan fingerprint density at radius 2 is 2.05 bits per heavy atom. The Kier molecular flexibility index (Phi) is 4.22. The van der Waals surface area contributed by atoms with Crippen molar-refractivity contribution in [3.8, 4) is 11.3 Å². The van der Waals surface area contributed by atoms with Crippen LogP contribution in [0.3, 0.4) is 0 Å². The Balaban J connectivity index is 2.10. The van der Waals surface area contributed by atoms with Gasteiger partial charge in [-0.25, -0.2) is 0 Å². The summed E-state index contributed by atoms with van der Waals surface area (Å²) in [6, 6.07) is 8.78. The van der Waals surface area contributed by atoms with Gasteiger partial charge in [-0.15, -0.1) is 0 Å². The smallest absolute Gasteiger partial charge is 0.273 e. The van der Waals surface area contributed by atoms with E-state index in [-0.39, 0.29) is 11.6 Å². The second-order valence-corrected chi connectivity index (χ2v) is 5.12. The minimum atomic E-state index is -0.224. The maximum absolute atomic E-state index is 11.8. The highest BCUT2D eigenvalue weighted by Gasteiger charge is 2.13. The molecule has 1 heterocycles. The van der Waals surface area contributed by atoms with Crippen LogP contribution in [0.25, 0.3) is 11.3 Å². The van der Waals surface area contributed by atoms with Crippen LogP contribution >= 0.6 is 11.6 Å². The molecule has 1 amide bonds. The maximum atomic E-state index is 11.8. The second-order valence-electron chi connectivity index (χ2n) is 4.69. The number of halogens is 1. The fraction of sp³-hybridized carbons (Fsp3) is 0.286. The van der Waals surface area contributed by atoms with Gasteiger partial charge in [0.1, 0.15) is 0 Å². The summed E-state index contributed by atoms with van der Waals surface area (Å²) < 4.78 is 5.16. The molecular weight excluding hydrogens is 264 g/mol. The first-order chi connectivity index (χ1) is 9.06. The van der Waals surface area contributed by atoms with Crippen LogP contribution in [0, 0.1) is 5.92 Å². The molecule has 0 unspecified atom stereocenters. The van der Waals surface area contributed by atoms with E-state index in [2.05, 4.69) is 10.5 Å². The van der Waals surface area contributed by atoms with Gasteiger partial charge in [-0.05, 0) is 30.2 Å². The van der Waals surface area contributed by atoms with Crippen molar-refractivity contribution in [2.75, 3.05) is 6.54 Å². The van der Waals surface area contributed by atoms with Gasteiger partial charge in [-0.3, -0.25) is 4.79 Å². The van der Waals surface area contributed by atoms with Crippen molar-refractivity contribution >= 4 is 17.5 Å². The van der Waals surface area contributed by atoms with Crippen LogP contribution in [0.2, 0.25) is 5.02 Å². The first-order valence-corrected chi connectivity index (χ1v) is 6.45. The van der Waals surface area contributed by atoms with E-state index in [0.29, 0.717) is 23.2 Å². The van der Waals surface area contributed by atoms with Crippen molar-refractivity contribution < 1.29 is 9.32 Å². The maximum Gasteiger partial charge on any atom is 0.273 e. The van der Waals surface area contributed by atoms with Crippen LogP contribution in [-0.2, 0) is 0 Å². The largest absolute Gasteiger partial charge is 0.355 e. The first-order valence-electron chi connectivity index (χ1n) is 6.07. The summed E-state index contributed by atoms with van der Waals surface area (Å²) >= 11 is 5.82. The molecule has 0 radical (unpaired) electrons. The molecule has 0 bridgehead atoms. The third-order valence-electron chi connectivity index (χ3n) is 2.54. The van der Waals surface area contributed by atoms with Crippen LogP contribution in [0.1, 0.15) is 24.3 Å². The predicted molar refractivity (Wildman–Crippen MR) is 74.1 cm³/mol. The number of benzene rings is 1. The van der Waals surface area contributed by atoms with Crippen molar-refractivity contribution in [1.82, 2.24) is 10.5 Å². The van der Waals surface area contributed by atoms with Gasteiger partial charge in [-0.2, -0.15) is 0 Å². The van der Waals surface area contributed by atoms with Crippen LogP contribution < -0.4 is 5.32 Å². The lowest BCUT2D eigenvalue weighted by atomic mass is 10.1. The van der Waals surface area contributed by atoms with Gasteiger partial charge in [-0.1, -0.05) is 30.6 Å². The summed E-state index contributed by atoms with van der Waals surface area (Å²) in [5.74, 6) is 0.718. The Hall–Kier alpha value is -1.81. The Morgan fingerprint density at radius 1 is 1.37 bits per heavy atom. The Morgan fingerprint density at radius 3 is 2.68 bits per heavy atom. The number of rotatable bonds is 4. The van der Waals surface area contributed by atoms with Gasteiger partial charge in [0, 0.05) is 23.2 Å². The molecule has 0 aliphatic carbocycles. The molecule has 0 spiro atoms.